The predicted molar refractivity (Wildman–Crippen MR) is 143 cm³/mol. The van der Waals surface area contributed by atoms with Crippen LogP contribution in [-0.4, -0.2) is 60.8 Å². The number of nitrogens with zero attached hydrogens (tertiary/aromatic N) is 4. The van der Waals surface area contributed by atoms with Crippen molar-refractivity contribution >= 4 is 27.3 Å². The van der Waals surface area contributed by atoms with Crippen LogP contribution in [0.3, 0.4) is 0 Å². The van der Waals surface area contributed by atoms with Gasteiger partial charge in [-0.1, -0.05) is 30.3 Å². The van der Waals surface area contributed by atoms with E-state index >= 15 is 0 Å². The number of nitrogens with one attached hydrogen (secondary N) is 1. The number of nitrogens with two attached hydrogens (primary N) is 1. The van der Waals surface area contributed by atoms with Crippen molar-refractivity contribution in [3.05, 3.63) is 85.2 Å². The SMILES string of the molecule is CN1CCN(S(=O)(=O)c2ccc(-c3c(-c4ccnc(Nc5ccccc5)c4)ccnc3N)cc2)CC1. The summed E-state index contributed by atoms with van der Waals surface area (Å²) in [5.41, 5.74) is 10.6. The van der Waals surface area contributed by atoms with Gasteiger partial charge in [-0.3, -0.25) is 0 Å². The van der Waals surface area contributed by atoms with E-state index in [9.17, 15) is 8.42 Å². The number of likely N-dealkylation sites (N-methyl/N-ethyl adjacent to an activating group) is 1. The van der Waals surface area contributed by atoms with Crippen molar-refractivity contribution in [2.45, 2.75) is 4.90 Å². The van der Waals surface area contributed by atoms with Crippen LogP contribution in [0.15, 0.2) is 90.1 Å². The molecule has 4 aromatic rings. The molecule has 8 nitrogen and oxygen atoms in total. The van der Waals surface area contributed by atoms with Gasteiger partial charge >= 0.3 is 0 Å². The minimum atomic E-state index is -3.55. The molecule has 9 heteroatoms. The molecule has 5 rings (SSSR count). The minimum absolute atomic E-state index is 0.276. The number of rotatable bonds is 6. The summed E-state index contributed by atoms with van der Waals surface area (Å²) in [5.74, 6) is 1.07. The van der Waals surface area contributed by atoms with Gasteiger partial charge in [-0.2, -0.15) is 4.31 Å². The maximum Gasteiger partial charge on any atom is 0.243 e. The Morgan fingerprint density at radius 1 is 0.833 bits per heavy atom. The van der Waals surface area contributed by atoms with Crippen molar-refractivity contribution in [2.24, 2.45) is 0 Å². The fourth-order valence-electron chi connectivity index (χ4n) is 4.33. The van der Waals surface area contributed by atoms with Gasteiger partial charge in [0.25, 0.3) is 0 Å². The van der Waals surface area contributed by atoms with Gasteiger partial charge < -0.3 is 16.0 Å². The zero-order chi connectivity index (χ0) is 25.1. The average molecular weight is 501 g/mol. The molecule has 0 spiro atoms. The summed E-state index contributed by atoms with van der Waals surface area (Å²) in [6.07, 6.45) is 3.41. The summed E-state index contributed by atoms with van der Waals surface area (Å²) < 4.78 is 27.8. The van der Waals surface area contributed by atoms with E-state index in [0.717, 1.165) is 41.0 Å². The smallest absolute Gasteiger partial charge is 0.243 e. The summed E-state index contributed by atoms with van der Waals surface area (Å²) in [4.78, 5) is 11.1. The number of aromatic nitrogens is 2. The zero-order valence-electron chi connectivity index (χ0n) is 20.0. The van der Waals surface area contributed by atoms with Crippen LogP contribution < -0.4 is 11.1 Å². The summed E-state index contributed by atoms with van der Waals surface area (Å²) in [5, 5.41) is 3.31. The Balaban J connectivity index is 1.46. The molecule has 184 valence electrons. The molecule has 1 aliphatic rings. The maximum absolute atomic E-state index is 13.1. The molecule has 0 atom stereocenters. The molecular weight excluding hydrogens is 472 g/mol. The first kappa shape index (κ1) is 23.9. The van der Waals surface area contributed by atoms with Gasteiger partial charge in [0, 0.05) is 49.8 Å². The average Bonchev–Trinajstić information content (AvgIpc) is 2.90. The molecule has 2 aromatic carbocycles. The molecule has 0 unspecified atom stereocenters. The molecule has 3 heterocycles. The third-order valence-corrected chi connectivity index (χ3v) is 8.25. The van der Waals surface area contributed by atoms with Gasteiger partial charge in [0.1, 0.15) is 11.6 Å². The normalized spacial score (nSPS) is 15.0. The van der Waals surface area contributed by atoms with Crippen LogP contribution in [-0.2, 0) is 10.0 Å². The first-order valence-electron chi connectivity index (χ1n) is 11.7. The standard InChI is InChI=1S/C27H28N6O2S/c1-32-15-17-33(18-16-32)36(34,35)23-9-7-20(8-10-23)26-24(12-14-30-27(26)28)21-11-13-29-25(19-21)31-22-5-3-2-4-6-22/h2-14,19H,15-18H2,1H3,(H2,28,30)(H,29,31). The largest absolute Gasteiger partial charge is 0.383 e. The van der Waals surface area contributed by atoms with Crippen molar-refractivity contribution in [3.8, 4) is 22.3 Å². The van der Waals surface area contributed by atoms with Gasteiger partial charge in [0.05, 0.1) is 4.90 Å². The topological polar surface area (TPSA) is 104 Å². The highest BCUT2D eigenvalue weighted by molar-refractivity contribution is 7.89. The number of sulfonamides is 1. The Hall–Kier alpha value is -3.79. The van der Waals surface area contributed by atoms with Crippen molar-refractivity contribution in [3.63, 3.8) is 0 Å². The molecule has 3 N–H and O–H groups in total. The zero-order valence-corrected chi connectivity index (χ0v) is 20.8. The lowest BCUT2D eigenvalue weighted by Crippen LogP contribution is -2.46. The number of piperazine rings is 1. The van der Waals surface area contributed by atoms with E-state index in [1.165, 1.54) is 0 Å². The quantitative estimate of drug-likeness (QED) is 0.411. The third-order valence-electron chi connectivity index (χ3n) is 6.34. The van der Waals surface area contributed by atoms with E-state index in [-0.39, 0.29) is 4.90 Å². The lowest BCUT2D eigenvalue weighted by atomic mass is 9.96. The fraction of sp³-hybridized carbons (Fsp3) is 0.185. The number of hydrogen-bond acceptors (Lipinski definition) is 7. The number of pyridine rings is 2. The maximum atomic E-state index is 13.1. The number of benzene rings is 2. The van der Waals surface area contributed by atoms with E-state index in [4.69, 9.17) is 5.73 Å². The Labute approximate surface area is 211 Å². The molecule has 1 fully saturated rings. The van der Waals surface area contributed by atoms with E-state index in [2.05, 4.69) is 20.2 Å². The molecule has 36 heavy (non-hydrogen) atoms. The predicted octanol–water partition coefficient (Wildman–Crippen LogP) is 4.07. The van der Waals surface area contributed by atoms with Crippen molar-refractivity contribution in [2.75, 3.05) is 44.3 Å². The molecular formula is C27H28N6O2S. The monoisotopic (exact) mass is 500 g/mol. The molecule has 0 bridgehead atoms. The summed E-state index contributed by atoms with van der Waals surface area (Å²) in [6, 6.07) is 22.5. The summed E-state index contributed by atoms with van der Waals surface area (Å²) in [7, 11) is -1.55. The lowest BCUT2D eigenvalue weighted by Gasteiger charge is -2.31. The molecule has 0 aliphatic carbocycles. The lowest BCUT2D eigenvalue weighted by molar-refractivity contribution is 0.222. The molecule has 1 saturated heterocycles. The number of hydrogen-bond donors (Lipinski definition) is 2. The van der Waals surface area contributed by atoms with Crippen molar-refractivity contribution in [1.82, 2.24) is 19.2 Å². The highest BCUT2D eigenvalue weighted by atomic mass is 32.2. The van der Waals surface area contributed by atoms with E-state index in [0.29, 0.717) is 24.7 Å². The van der Waals surface area contributed by atoms with Crippen LogP contribution in [0.2, 0.25) is 0 Å². The number of nitrogen functional groups attached to an aromatic ring is 1. The van der Waals surface area contributed by atoms with Gasteiger partial charge in [0.2, 0.25) is 10.0 Å². The molecule has 0 radical (unpaired) electrons. The minimum Gasteiger partial charge on any atom is -0.383 e. The Kier molecular flexibility index (Phi) is 6.69. The van der Waals surface area contributed by atoms with E-state index < -0.39 is 10.0 Å². The summed E-state index contributed by atoms with van der Waals surface area (Å²) in [6.45, 7) is 2.42. The van der Waals surface area contributed by atoms with Gasteiger partial charge in [-0.25, -0.2) is 18.4 Å². The molecule has 2 aromatic heterocycles. The first-order chi connectivity index (χ1) is 17.4. The van der Waals surface area contributed by atoms with E-state index in [1.807, 2.05) is 55.6 Å². The number of para-hydroxylation sites is 1. The van der Waals surface area contributed by atoms with Crippen LogP contribution in [0, 0.1) is 0 Å². The molecule has 0 amide bonds. The van der Waals surface area contributed by atoms with Gasteiger partial charge in [-0.05, 0) is 66.2 Å². The fourth-order valence-corrected chi connectivity index (χ4v) is 5.75. The molecule has 0 saturated carbocycles. The second-order valence-corrected chi connectivity index (χ2v) is 10.7. The second kappa shape index (κ2) is 10.1. The number of anilines is 3. The van der Waals surface area contributed by atoms with Gasteiger partial charge in [0.15, 0.2) is 0 Å². The molecule has 1 aliphatic heterocycles. The Bertz CT molecular complexity index is 1450. The van der Waals surface area contributed by atoms with Crippen LogP contribution in [0.1, 0.15) is 0 Å². The Morgan fingerprint density at radius 2 is 1.53 bits per heavy atom. The highest BCUT2D eigenvalue weighted by Crippen LogP contribution is 2.36. The van der Waals surface area contributed by atoms with Crippen LogP contribution in [0.25, 0.3) is 22.3 Å². The van der Waals surface area contributed by atoms with Crippen LogP contribution in [0.4, 0.5) is 17.3 Å². The van der Waals surface area contributed by atoms with Gasteiger partial charge in [-0.15, -0.1) is 0 Å². The first-order valence-corrected chi connectivity index (χ1v) is 13.2. The van der Waals surface area contributed by atoms with E-state index in [1.54, 1.807) is 41.0 Å². The van der Waals surface area contributed by atoms with Crippen molar-refractivity contribution in [1.29, 1.82) is 0 Å². The van der Waals surface area contributed by atoms with Crippen molar-refractivity contribution < 1.29 is 8.42 Å². The van der Waals surface area contributed by atoms with Crippen LogP contribution in [0.5, 0.6) is 0 Å². The highest BCUT2D eigenvalue weighted by Gasteiger charge is 2.27. The Morgan fingerprint density at radius 3 is 2.25 bits per heavy atom. The third kappa shape index (κ3) is 4.94. The second-order valence-electron chi connectivity index (χ2n) is 8.77. The van der Waals surface area contributed by atoms with Crippen LogP contribution >= 0.6 is 0 Å². The summed E-state index contributed by atoms with van der Waals surface area (Å²) >= 11 is 0.